The largest absolute Gasteiger partial charge is 0.298 e. The van der Waals surface area contributed by atoms with Gasteiger partial charge in [0.2, 0.25) is 0 Å². The zero-order valence-corrected chi connectivity index (χ0v) is 9.82. The van der Waals surface area contributed by atoms with E-state index >= 15 is 0 Å². The Labute approximate surface area is 98.7 Å². The molecule has 4 heteroatoms. The molecule has 0 saturated heterocycles. The van der Waals surface area contributed by atoms with Gasteiger partial charge in [-0.1, -0.05) is 17.7 Å². The first kappa shape index (κ1) is 10.9. The number of aldehydes is 1. The van der Waals surface area contributed by atoms with Crippen molar-refractivity contribution in [2.24, 2.45) is 0 Å². The Morgan fingerprint density at radius 1 is 1.38 bits per heavy atom. The predicted molar refractivity (Wildman–Crippen MR) is 63.4 cm³/mol. The van der Waals surface area contributed by atoms with Crippen LogP contribution in [0.4, 0.5) is 0 Å². The molecule has 1 aromatic carbocycles. The smallest absolute Gasteiger partial charge is 0.153 e. The van der Waals surface area contributed by atoms with Crippen molar-refractivity contribution >= 4 is 17.9 Å². The summed E-state index contributed by atoms with van der Waals surface area (Å²) in [6.07, 6.45) is 2.51. The number of carbonyl (C=O) groups is 1. The van der Waals surface area contributed by atoms with Crippen LogP contribution >= 0.6 is 11.6 Å². The van der Waals surface area contributed by atoms with Crippen LogP contribution in [0.3, 0.4) is 0 Å². The summed E-state index contributed by atoms with van der Waals surface area (Å²) < 4.78 is 1.68. The zero-order valence-electron chi connectivity index (χ0n) is 9.07. The molecule has 0 spiro atoms. The first-order valence-electron chi connectivity index (χ1n) is 4.90. The molecule has 1 aromatic heterocycles. The van der Waals surface area contributed by atoms with Gasteiger partial charge in [0, 0.05) is 11.2 Å². The second-order valence-corrected chi connectivity index (χ2v) is 4.10. The van der Waals surface area contributed by atoms with Crippen LogP contribution in [-0.4, -0.2) is 16.1 Å². The molecular formula is C12H11ClN2O. The minimum Gasteiger partial charge on any atom is -0.298 e. The molecular weight excluding hydrogens is 224 g/mol. The molecule has 2 rings (SSSR count). The van der Waals surface area contributed by atoms with Crippen molar-refractivity contribution in [1.82, 2.24) is 9.78 Å². The number of aromatic nitrogens is 2. The molecule has 1 heterocycles. The summed E-state index contributed by atoms with van der Waals surface area (Å²) in [6.45, 7) is 3.78. The molecule has 0 bridgehead atoms. The Balaban J connectivity index is 2.57. The Kier molecular flexibility index (Phi) is 2.79. The monoisotopic (exact) mass is 234 g/mol. The van der Waals surface area contributed by atoms with Gasteiger partial charge in [-0.2, -0.15) is 5.10 Å². The lowest BCUT2D eigenvalue weighted by Crippen LogP contribution is -1.97. The van der Waals surface area contributed by atoms with Gasteiger partial charge >= 0.3 is 0 Å². The Morgan fingerprint density at radius 2 is 2.12 bits per heavy atom. The maximum absolute atomic E-state index is 10.7. The highest BCUT2D eigenvalue weighted by Gasteiger charge is 2.07. The Bertz CT molecular complexity index is 546. The van der Waals surface area contributed by atoms with Crippen molar-refractivity contribution in [1.29, 1.82) is 0 Å². The predicted octanol–water partition coefficient (Wildman–Crippen LogP) is 2.96. The van der Waals surface area contributed by atoms with Crippen LogP contribution in [0.2, 0.25) is 5.02 Å². The van der Waals surface area contributed by atoms with Crippen LogP contribution < -0.4 is 0 Å². The van der Waals surface area contributed by atoms with E-state index in [-0.39, 0.29) is 0 Å². The lowest BCUT2D eigenvalue weighted by molar-refractivity contribution is 0.112. The summed E-state index contributed by atoms with van der Waals surface area (Å²) in [5, 5.41) is 4.93. The van der Waals surface area contributed by atoms with Gasteiger partial charge in [0.1, 0.15) is 0 Å². The molecule has 82 valence electrons. The number of hydrogen-bond donors (Lipinski definition) is 0. The second-order valence-electron chi connectivity index (χ2n) is 3.66. The van der Waals surface area contributed by atoms with Gasteiger partial charge in [-0.05, 0) is 31.5 Å². The fourth-order valence-corrected chi connectivity index (χ4v) is 1.71. The van der Waals surface area contributed by atoms with Gasteiger partial charge in [-0.3, -0.25) is 4.79 Å². The van der Waals surface area contributed by atoms with Crippen molar-refractivity contribution in [3.05, 3.63) is 46.2 Å². The maximum atomic E-state index is 10.7. The van der Waals surface area contributed by atoms with E-state index < -0.39 is 0 Å². The summed E-state index contributed by atoms with van der Waals surface area (Å²) in [4.78, 5) is 10.7. The van der Waals surface area contributed by atoms with E-state index in [9.17, 15) is 4.79 Å². The zero-order chi connectivity index (χ0) is 11.7. The molecule has 0 unspecified atom stereocenters. The van der Waals surface area contributed by atoms with E-state index in [1.165, 1.54) is 0 Å². The molecule has 0 radical (unpaired) electrons. The van der Waals surface area contributed by atoms with Gasteiger partial charge in [0.25, 0.3) is 0 Å². The topological polar surface area (TPSA) is 34.9 Å². The van der Waals surface area contributed by atoms with Crippen molar-refractivity contribution in [2.75, 3.05) is 0 Å². The molecule has 2 aromatic rings. The van der Waals surface area contributed by atoms with E-state index in [1.807, 2.05) is 25.1 Å². The quantitative estimate of drug-likeness (QED) is 0.749. The van der Waals surface area contributed by atoms with E-state index in [1.54, 1.807) is 17.8 Å². The highest BCUT2D eigenvalue weighted by Crippen LogP contribution is 2.19. The van der Waals surface area contributed by atoms with Crippen LogP contribution in [0.1, 0.15) is 21.6 Å². The number of hydrogen-bond acceptors (Lipinski definition) is 2. The van der Waals surface area contributed by atoms with Crippen molar-refractivity contribution < 1.29 is 4.79 Å². The van der Waals surface area contributed by atoms with Gasteiger partial charge in [0.05, 0.1) is 16.9 Å². The third-order valence-electron chi connectivity index (χ3n) is 2.48. The van der Waals surface area contributed by atoms with Crippen LogP contribution in [0.5, 0.6) is 0 Å². The summed E-state index contributed by atoms with van der Waals surface area (Å²) in [5.74, 6) is 0. The van der Waals surface area contributed by atoms with Crippen LogP contribution in [-0.2, 0) is 0 Å². The van der Waals surface area contributed by atoms with E-state index in [0.29, 0.717) is 10.6 Å². The average Bonchev–Trinajstić information content (AvgIpc) is 2.63. The first-order chi connectivity index (χ1) is 7.61. The number of carbonyl (C=O) groups excluding carboxylic acids is 1. The average molecular weight is 235 g/mol. The van der Waals surface area contributed by atoms with Crippen molar-refractivity contribution in [2.45, 2.75) is 13.8 Å². The number of aryl methyl sites for hydroxylation is 2. The first-order valence-corrected chi connectivity index (χ1v) is 5.27. The summed E-state index contributed by atoms with van der Waals surface area (Å²) in [7, 11) is 0. The fraction of sp³-hybridized carbons (Fsp3) is 0.167. The molecule has 0 aliphatic carbocycles. The van der Waals surface area contributed by atoms with Crippen LogP contribution in [0.25, 0.3) is 5.69 Å². The van der Waals surface area contributed by atoms with Crippen molar-refractivity contribution in [3.63, 3.8) is 0 Å². The normalized spacial score (nSPS) is 10.4. The van der Waals surface area contributed by atoms with Gasteiger partial charge in [-0.25, -0.2) is 4.68 Å². The molecule has 0 amide bonds. The SMILES string of the molecule is Cc1ccc(Cl)cc1-n1cc(C=O)c(C)n1. The van der Waals surface area contributed by atoms with Crippen LogP contribution in [0.15, 0.2) is 24.4 Å². The van der Waals surface area contributed by atoms with Crippen LogP contribution in [0, 0.1) is 13.8 Å². The Morgan fingerprint density at radius 3 is 2.75 bits per heavy atom. The maximum Gasteiger partial charge on any atom is 0.153 e. The molecule has 0 atom stereocenters. The molecule has 0 saturated carbocycles. The fourth-order valence-electron chi connectivity index (χ4n) is 1.54. The molecule has 0 aliphatic rings. The highest BCUT2D eigenvalue weighted by molar-refractivity contribution is 6.30. The standard InChI is InChI=1S/C12H11ClN2O/c1-8-3-4-11(13)5-12(8)15-6-10(7-16)9(2)14-15/h3-7H,1-2H3. The third kappa shape index (κ3) is 1.86. The third-order valence-corrected chi connectivity index (χ3v) is 2.72. The summed E-state index contributed by atoms with van der Waals surface area (Å²) in [6, 6.07) is 5.59. The number of halogens is 1. The summed E-state index contributed by atoms with van der Waals surface area (Å²) >= 11 is 5.94. The number of benzene rings is 1. The van der Waals surface area contributed by atoms with E-state index in [0.717, 1.165) is 23.2 Å². The summed E-state index contributed by atoms with van der Waals surface area (Å²) in [5.41, 5.74) is 3.27. The van der Waals surface area contributed by atoms with Gasteiger partial charge < -0.3 is 0 Å². The minimum absolute atomic E-state index is 0.597. The second kappa shape index (κ2) is 4.10. The molecule has 0 N–H and O–H groups in total. The van der Waals surface area contributed by atoms with E-state index in [4.69, 9.17) is 11.6 Å². The van der Waals surface area contributed by atoms with Gasteiger partial charge in [-0.15, -0.1) is 0 Å². The van der Waals surface area contributed by atoms with Gasteiger partial charge in [0.15, 0.2) is 6.29 Å². The lowest BCUT2D eigenvalue weighted by Gasteiger charge is -2.05. The highest BCUT2D eigenvalue weighted by atomic mass is 35.5. The lowest BCUT2D eigenvalue weighted by atomic mass is 10.2. The molecule has 3 nitrogen and oxygen atoms in total. The van der Waals surface area contributed by atoms with E-state index in [2.05, 4.69) is 5.10 Å². The molecule has 16 heavy (non-hydrogen) atoms. The van der Waals surface area contributed by atoms with Crippen molar-refractivity contribution in [3.8, 4) is 5.69 Å². The number of rotatable bonds is 2. The minimum atomic E-state index is 0.597. The molecule has 0 fully saturated rings. The molecule has 0 aliphatic heterocycles. The Hall–Kier alpha value is -1.61. The number of nitrogens with zero attached hydrogens (tertiary/aromatic N) is 2.